The number of rotatable bonds is 5. The number of Topliss-reactive ketones (excluding diaryl/α,β-unsaturated/α-hetero) is 1. The smallest absolute Gasteiger partial charge is 0.163 e. The summed E-state index contributed by atoms with van der Waals surface area (Å²) in [6.07, 6.45) is 4.84. The highest BCUT2D eigenvalue weighted by molar-refractivity contribution is 5.98. The second-order valence-corrected chi connectivity index (χ2v) is 6.31. The molecule has 0 heterocycles. The number of hydrogen-bond acceptors (Lipinski definition) is 2. The van der Waals surface area contributed by atoms with E-state index >= 15 is 0 Å². The number of aryl methyl sites for hydroxylation is 1. The lowest BCUT2D eigenvalue weighted by atomic mass is 9.95. The van der Waals surface area contributed by atoms with Crippen LogP contribution in [0.2, 0.25) is 0 Å². The molecule has 0 saturated carbocycles. The van der Waals surface area contributed by atoms with Gasteiger partial charge in [-0.2, -0.15) is 0 Å². The van der Waals surface area contributed by atoms with E-state index in [9.17, 15) is 9.90 Å². The third-order valence-electron chi connectivity index (χ3n) is 4.46. The molecule has 0 aliphatic rings. The number of ketones is 1. The molecular formula is C24H22O2. The van der Waals surface area contributed by atoms with E-state index in [1.54, 1.807) is 6.07 Å². The van der Waals surface area contributed by atoms with E-state index < -0.39 is 0 Å². The van der Waals surface area contributed by atoms with Crippen molar-refractivity contribution in [2.24, 2.45) is 0 Å². The summed E-state index contributed by atoms with van der Waals surface area (Å²) < 4.78 is 0. The average Bonchev–Trinajstić information content (AvgIpc) is 2.67. The van der Waals surface area contributed by atoms with E-state index in [2.05, 4.69) is 36.4 Å². The number of carbonyl (C=O) groups excluding carboxylic acids is 1. The summed E-state index contributed by atoms with van der Waals surface area (Å²) in [6.45, 7) is 3.45. The van der Waals surface area contributed by atoms with Gasteiger partial charge in [-0.3, -0.25) is 4.79 Å². The van der Waals surface area contributed by atoms with Crippen molar-refractivity contribution < 1.29 is 9.90 Å². The van der Waals surface area contributed by atoms with Crippen molar-refractivity contribution >= 4 is 17.9 Å². The highest BCUT2D eigenvalue weighted by atomic mass is 16.3. The van der Waals surface area contributed by atoms with E-state index in [1.807, 2.05) is 43.3 Å². The molecule has 2 nitrogen and oxygen atoms in total. The molecule has 26 heavy (non-hydrogen) atoms. The van der Waals surface area contributed by atoms with Gasteiger partial charge in [0, 0.05) is 0 Å². The number of phenols is 1. The van der Waals surface area contributed by atoms with Crippen LogP contribution in [0.25, 0.3) is 23.3 Å². The second kappa shape index (κ2) is 7.83. The standard InChI is InChI=1S/C24H22O2/c1-3-20-15-22(16-23(17(2)25)24(20)26)21-13-11-19(12-14-21)10-9-18-7-5-4-6-8-18/h4-16,26H,3H2,1-2H3/b10-9+. The van der Waals surface area contributed by atoms with Gasteiger partial charge in [0.2, 0.25) is 0 Å². The van der Waals surface area contributed by atoms with Crippen molar-refractivity contribution in [1.82, 2.24) is 0 Å². The van der Waals surface area contributed by atoms with Gasteiger partial charge in [-0.05, 0) is 53.3 Å². The molecule has 0 unspecified atom stereocenters. The Hall–Kier alpha value is -3.13. The summed E-state index contributed by atoms with van der Waals surface area (Å²) in [5, 5.41) is 10.2. The van der Waals surface area contributed by atoms with Crippen LogP contribution in [0.3, 0.4) is 0 Å². The minimum atomic E-state index is -0.124. The van der Waals surface area contributed by atoms with Gasteiger partial charge in [-0.1, -0.05) is 73.7 Å². The number of aromatic hydroxyl groups is 1. The van der Waals surface area contributed by atoms with Gasteiger partial charge in [0.15, 0.2) is 5.78 Å². The van der Waals surface area contributed by atoms with Crippen LogP contribution in [0.5, 0.6) is 5.75 Å². The van der Waals surface area contributed by atoms with Gasteiger partial charge >= 0.3 is 0 Å². The number of carbonyl (C=O) groups is 1. The summed E-state index contributed by atoms with van der Waals surface area (Å²) in [6, 6.07) is 22.1. The predicted molar refractivity (Wildman–Crippen MR) is 108 cm³/mol. The number of hydrogen-bond donors (Lipinski definition) is 1. The molecule has 0 bridgehead atoms. The Morgan fingerprint density at radius 2 is 1.50 bits per heavy atom. The molecule has 3 aromatic carbocycles. The van der Waals surface area contributed by atoms with E-state index in [0.717, 1.165) is 27.8 Å². The van der Waals surface area contributed by atoms with Gasteiger partial charge in [0.1, 0.15) is 5.75 Å². The molecule has 2 heteroatoms. The molecule has 3 aromatic rings. The van der Waals surface area contributed by atoms with Crippen molar-refractivity contribution in [3.63, 3.8) is 0 Å². The molecule has 0 fully saturated rings. The third-order valence-corrected chi connectivity index (χ3v) is 4.46. The normalized spacial score (nSPS) is 11.0. The molecule has 0 amide bonds. The predicted octanol–water partition coefficient (Wildman–Crippen LogP) is 5.99. The fraction of sp³-hybridized carbons (Fsp3) is 0.125. The van der Waals surface area contributed by atoms with Gasteiger partial charge < -0.3 is 5.11 Å². The van der Waals surface area contributed by atoms with Crippen LogP contribution in [-0.4, -0.2) is 10.9 Å². The molecular weight excluding hydrogens is 320 g/mol. The Morgan fingerprint density at radius 1 is 0.885 bits per heavy atom. The molecule has 0 aromatic heterocycles. The highest BCUT2D eigenvalue weighted by Crippen LogP contribution is 2.31. The Bertz CT molecular complexity index is 936. The van der Waals surface area contributed by atoms with Crippen LogP contribution in [0, 0.1) is 0 Å². The Labute approximate surface area is 154 Å². The first-order chi connectivity index (χ1) is 12.6. The van der Waals surface area contributed by atoms with Crippen LogP contribution in [0.1, 0.15) is 40.9 Å². The topological polar surface area (TPSA) is 37.3 Å². The monoisotopic (exact) mass is 342 g/mol. The first kappa shape index (κ1) is 17.7. The fourth-order valence-corrected chi connectivity index (χ4v) is 2.94. The summed E-state index contributed by atoms with van der Waals surface area (Å²) in [4.78, 5) is 11.8. The summed E-state index contributed by atoms with van der Waals surface area (Å²) in [5.41, 5.74) is 5.42. The van der Waals surface area contributed by atoms with Crippen molar-refractivity contribution in [3.8, 4) is 16.9 Å². The summed E-state index contributed by atoms with van der Waals surface area (Å²) >= 11 is 0. The lowest BCUT2D eigenvalue weighted by Crippen LogP contribution is -1.97. The van der Waals surface area contributed by atoms with Crippen LogP contribution in [0.15, 0.2) is 66.7 Å². The third kappa shape index (κ3) is 3.92. The zero-order valence-electron chi connectivity index (χ0n) is 15.1. The molecule has 0 saturated heterocycles. The second-order valence-electron chi connectivity index (χ2n) is 6.31. The Kier molecular flexibility index (Phi) is 5.33. The molecule has 1 N–H and O–H groups in total. The molecule has 0 atom stereocenters. The van der Waals surface area contributed by atoms with Crippen LogP contribution in [-0.2, 0) is 6.42 Å². The van der Waals surface area contributed by atoms with Crippen molar-refractivity contribution in [3.05, 3.63) is 89.0 Å². The zero-order chi connectivity index (χ0) is 18.5. The highest BCUT2D eigenvalue weighted by Gasteiger charge is 2.13. The van der Waals surface area contributed by atoms with Crippen molar-refractivity contribution in [2.45, 2.75) is 20.3 Å². The quantitative estimate of drug-likeness (QED) is 0.456. The maximum Gasteiger partial charge on any atom is 0.163 e. The number of phenolic OH excluding ortho intramolecular Hbond substituents is 1. The maximum absolute atomic E-state index is 11.8. The average molecular weight is 342 g/mol. The van der Waals surface area contributed by atoms with Crippen LogP contribution in [0.4, 0.5) is 0 Å². The fourth-order valence-electron chi connectivity index (χ4n) is 2.94. The lowest BCUT2D eigenvalue weighted by molar-refractivity contribution is 0.101. The van der Waals surface area contributed by atoms with Gasteiger partial charge in [0.25, 0.3) is 0 Å². The molecule has 130 valence electrons. The van der Waals surface area contributed by atoms with Crippen LogP contribution >= 0.6 is 0 Å². The van der Waals surface area contributed by atoms with Gasteiger partial charge in [-0.25, -0.2) is 0 Å². The van der Waals surface area contributed by atoms with Gasteiger partial charge in [0.05, 0.1) is 5.56 Å². The SMILES string of the molecule is CCc1cc(-c2ccc(/C=C/c3ccccc3)cc2)cc(C(C)=O)c1O. The van der Waals surface area contributed by atoms with E-state index in [0.29, 0.717) is 12.0 Å². The first-order valence-electron chi connectivity index (χ1n) is 8.79. The Balaban J connectivity index is 1.90. The first-order valence-corrected chi connectivity index (χ1v) is 8.79. The lowest BCUT2D eigenvalue weighted by Gasteiger charge is -2.11. The van der Waals surface area contributed by atoms with Gasteiger partial charge in [-0.15, -0.1) is 0 Å². The van der Waals surface area contributed by atoms with Crippen molar-refractivity contribution in [1.29, 1.82) is 0 Å². The molecule has 3 rings (SSSR count). The minimum Gasteiger partial charge on any atom is -0.507 e. The maximum atomic E-state index is 11.8. The summed E-state index contributed by atoms with van der Waals surface area (Å²) in [5.74, 6) is -0.0207. The number of benzene rings is 3. The minimum absolute atomic E-state index is 0.103. The largest absolute Gasteiger partial charge is 0.507 e. The molecule has 0 aliphatic heterocycles. The van der Waals surface area contributed by atoms with Crippen LogP contribution < -0.4 is 0 Å². The zero-order valence-corrected chi connectivity index (χ0v) is 15.1. The molecule has 0 aliphatic carbocycles. The van der Waals surface area contributed by atoms with Crippen molar-refractivity contribution in [2.75, 3.05) is 0 Å². The van der Waals surface area contributed by atoms with E-state index in [-0.39, 0.29) is 11.5 Å². The Morgan fingerprint density at radius 3 is 2.08 bits per heavy atom. The van der Waals surface area contributed by atoms with E-state index in [1.165, 1.54) is 6.92 Å². The molecule has 0 spiro atoms. The van der Waals surface area contributed by atoms with E-state index in [4.69, 9.17) is 0 Å². The summed E-state index contributed by atoms with van der Waals surface area (Å²) in [7, 11) is 0. The molecule has 0 radical (unpaired) electrons.